The number of benzene rings is 2. The molecule has 1 saturated heterocycles. The summed E-state index contributed by atoms with van der Waals surface area (Å²) in [5.41, 5.74) is 1.39. The van der Waals surface area contributed by atoms with E-state index in [9.17, 15) is 18.4 Å². The van der Waals surface area contributed by atoms with Gasteiger partial charge in [0.25, 0.3) is 0 Å². The number of halogens is 3. The van der Waals surface area contributed by atoms with E-state index in [-0.39, 0.29) is 30.5 Å². The minimum atomic E-state index is -0.778. The molecule has 0 spiro atoms. The number of carbonyl (C=O) groups is 2. The van der Waals surface area contributed by atoms with E-state index < -0.39 is 17.6 Å². The molecule has 2 aromatic carbocycles. The van der Waals surface area contributed by atoms with Crippen molar-refractivity contribution in [2.75, 3.05) is 35.8 Å². The Morgan fingerprint density at radius 1 is 1.19 bits per heavy atom. The lowest BCUT2D eigenvalue weighted by atomic mass is 10.1. The van der Waals surface area contributed by atoms with Crippen LogP contribution < -0.4 is 15.1 Å². The molecule has 5 nitrogen and oxygen atoms in total. The summed E-state index contributed by atoms with van der Waals surface area (Å²) in [6.45, 7) is 0.0470. The molecule has 1 fully saturated rings. The minimum Gasteiger partial charge on any atom is -0.376 e. The van der Waals surface area contributed by atoms with Crippen LogP contribution in [-0.4, -0.2) is 32.5 Å². The van der Waals surface area contributed by atoms with Crippen molar-refractivity contribution in [2.45, 2.75) is 6.42 Å². The Labute approximate surface area is 160 Å². The highest BCUT2D eigenvalue weighted by molar-refractivity contribution is 6.31. The number of amides is 2. The third kappa shape index (κ3) is 4.19. The molecule has 0 radical (unpaired) electrons. The minimum absolute atomic E-state index is 0.0399. The largest absolute Gasteiger partial charge is 0.376 e. The van der Waals surface area contributed by atoms with Gasteiger partial charge in [0.2, 0.25) is 11.8 Å². The summed E-state index contributed by atoms with van der Waals surface area (Å²) in [6, 6.07) is 8.00. The Bertz CT molecular complexity index is 884. The monoisotopic (exact) mass is 393 g/mol. The quantitative estimate of drug-likeness (QED) is 0.862. The number of nitrogens with zero attached hydrogens (tertiary/aromatic N) is 2. The molecular weight excluding hydrogens is 376 g/mol. The molecule has 0 aliphatic carbocycles. The average Bonchev–Trinajstić information content (AvgIpc) is 2.95. The summed E-state index contributed by atoms with van der Waals surface area (Å²) in [5, 5.41) is 3.27. The molecule has 1 heterocycles. The first-order valence-corrected chi connectivity index (χ1v) is 8.66. The van der Waals surface area contributed by atoms with Crippen molar-refractivity contribution < 1.29 is 18.4 Å². The van der Waals surface area contributed by atoms with Gasteiger partial charge in [-0.05, 0) is 30.3 Å². The predicted molar refractivity (Wildman–Crippen MR) is 101 cm³/mol. The zero-order valence-corrected chi connectivity index (χ0v) is 15.6. The molecule has 1 aliphatic rings. The fourth-order valence-electron chi connectivity index (χ4n) is 3.06. The van der Waals surface area contributed by atoms with Crippen LogP contribution >= 0.6 is 11.6 Å². The van der Waals surface area contributed by atoms with Crippen LogP contribution in [0.15, 0.2) is 36.4 Å². The SMILES string of the molecule is CN(C)c1ccc(Cl)cc1NC(=O)C1CC(=O)N(c2cc(F)cc(F)c2)C1. The number of anilines is 3. The van der Waals surface area contributed by atoms with E-state index in [1.807, 2.05) is 19.0 Å². The second-order valence-electron chi connectivity index (χ2n) is 6.58. The number of rotatable bonds is 4. The molecule has 1 N–H and O–H groups in total. The van der Waals surface area contributed by atoms with Gasteiger partial charge in [-0.3, -0.25) is 9.59 Å². The zero-order chi connectivity index (χ0) is 19.7. The van der Waals surface area contributed by atoms with Crippen LogP contribution in [0.1, 0.15) is 6.42 Å². The van der Waals surface area contributed by atoms with E-state index in [0.29, 0.717) is 10.7 Å². The molecule has 27 heavy (non-hydrogen) atoms. The highest BCUT2D eigenvalue weighted by atomic mass is 35.5. The van der Waals surface area contributed by atoms with Crippen molar-refractivity contribution in [3.8, 4) is 0 Å². The molecule has 8 heteroatoms. The Morgan fingerprint density at radius 2 is 1.85 bits per heavy atom. The second-order valence-corrected chi connectivity index (χ2v) is 7.01. The van der Waals surface area contributed by atoms with Crippen LogP contribution in [0, 0.1) is 17.6 Å². The lowest BCUT2D eigenvalue weighted by Crippen LogP contribution is -2.28. The van der Waals surface area contributed by atoms with Crippen molar-refractivity contribution in [1.82, 2.24) is 0 Å². The molecule has 0 bridgehead atoms. The summed E-state index contributed by atoms with van der Waals surface area (Å²) in [4.78, 5) is 28.0. The zero-order valence-electron chi connectivity index (χ0n) is 14.8. The molecule has 1 unspecified atom stereocenters. The topological polar surface area (TPSA) is 52.7 Å². The summed E-state index contributed by atoms with van der Waals surface area (Å²) in [7, 11) is 3.66. The molecule has 142 valence electrons. The van der Waals surface area contributed by atoms with Crippen molar-refractivity contribution in [2.24, 2.45) is 5.92 Å². The summed E-state index contributed by atoms with van der Waals surface area (Å²) >= 11 is 6.02. The number of nitrogens with one attached hydrogen (secondary N) is 1. The van der Waals surface area contributed by atoms with Crippen LogP contribution in [-0.2, 0) is 9.59 Å². The van der Waals surface area contributed by atoms with Crippen LogP contribution in [0.2, 0.25) is 5.02 Å². The van der Waals surface area contributed by atoms with Gasteiger partial charge < -0.3 is 15.1 Å². The van der Waals surface area contributed by atoms with Crippen molar-refractivity contribution in [3.63, 3.8) is 0 Å². The fraction of sp³-hybridized carbons (Fsp3) is 0.263. The normalized spacial score (nSPS) is 16.6. The van der Waals surface area contributed by atoms with E-state index in [2.05, 4.69) is 5.32 Å². The van der Waals surface area contributed by atoms with Crippen molar-refractivity contribution in [1.29, 1.82) is 0 Å². The van der Waals surface area contributed by atoms with Crippen molar-refractivity contribution in [3.05, 3.63) is 53.1 Å². The molecule has 3 rings (SSSR count). The molecular formula is C19H18ClF2N3O2. The Hall–Kier alpha value is -2.67. The predicted octanol–water partition coefficient (Wildman–Crippen LogP) is 3.68. The molecule has 0 saturated carbocycles. The maximum Gasteiger partial charge on any atom is 0.229 e. The number of carbonyl (C=O) groups excluding carboxylic acids is 2. The van der Waals surface area contributed by atoms with Gasteiger partial charge >= 0.3 is 0 Å². The lowest BCUT2D eigenvalue weighted by Gasteiger charge is -2.20. The molecule has 1 atom stereocenters. The smallest absolute Gasteiger partial charge is 0.229 e. The number of hydrogen-bond acceptors (Lipinski definition) is 3. The average molecular weight is 394 g/mol. The van der Waals surface area contributed by atoms with Crippen molar-refractivity contribution >= 4 is 40.5 Å². The standard InChI is InChI=1S/C19H18ClF2N3O2/c1-24(2)17-4-3-12(20)6-16(17)23-19(27)11-5-18(26)25(10-11)15-8-13(21)7-14(22)9-15/h3-4,6-9,11H,5,10H2,1-2H3,(H,23,27). The van der Waals surface area contributed by atoms with Gasteiger partial charge in [0.15, 0.2) is 0 Å². The number of hydrogen-bond donors (Lipinski definition) is 1. The van der Waals surface area contributed by atoms with E-state index in [0.717, 1.165) is 23.9 Å². The van der Waals surface area contributed by atoms with Gasteiger partial charge in [0.05, 0.1) is 17.3 Å². The van der Waals surface area contributed by atoms with Crippen LogP contribution in [0.25, 0.3) is 0 Å². The van der Waals surface area contributed by atoms with E-state index >= 15 is 0 Å². The van der Waals surface area contributed by atoms with E-state index in [1.165, 1.54) is 4.90 Å². The van der Waals surface area contributed by atoms with Gasteiger partial charge in [-0.25, -0.2) is 8.78 Å². The Balaban J connectivity index is 1.78. The Morgan fingerprint density at radius 3 is 2.48 bits per heavy atom. The first-order valence-electron chi connectivity index (χ1n) is 8.29. The van der Waals surface area contributed by atoms with Gasteiger partial charge in [0, 0.05) is 43.8 Å². The highest BCUT2D eigenvalue weighted by Crippen LogP contribution is 2.31. The maximum absolute atomic E-state index is 13.4. The fourth-order valence-corrected chi connectivity index (χ4v) is 3.23. The first-order chi connectivity index (χ1) is 12.7. The molecule has 2 aromatic rings. The highest BCUT2D eigenvalue weighted by Gasteiger charge is 2.35. The van der Waals surface area contributed by atoms with Crippen LogP contribution in [0.5, 0.6) is 0 Å². The van der Waals surface area contributed by atoms with Gasteiger partial charge in [-0.1, -0.05) is 11.6 Å². The van der Waals surface area contributed by atoms with E-state index in [4.69, 9.17) is 11.6 Å². The second kappa shape index (κ2) is 7.52. The lowest BCUT2D eigenvalue weighted by molar-refractivity contribution is -0.122. The third-order valence-electron chi connectivity index (χ3n) is 4.35. The molecule has 2 amide bonds. The van der Waals surface area contributed by atoms with Gasteiger partial charge in [-0.2, -0.15) is 0 Å². The van der Waals surface area contributed by atoms with Gasteiger partial charge in [0.1, 0.15) is 11.6 Å². The third-order valence-corrected chi connectivity index (χ3v) is 4.59. The summed E-state index contributed by atoms with van der Waals surface area (Å²) in [5.74, 6) is -2.91. The Kier molecular flexibility index (Phi) is 5.32. The first kappa shape index (κ1) is 19.1. The molecule has 1 aliphatic heterocycles. The summed E-state index contributed by atoms with van der Waals surface area (Å²) in [6.07, 6.45) is -0.0399. The molecule has 0 aromatic heterocycles. The van der Waals surface area contributed by atoms with Crippen LogP contribution in [0.4, 0.5) is 25.8 Å². The van der Waals surface area contributed by atoms with E-state index in [1.54, 1.807) is 18.2 Å². The van der Waals surface area contributed by atoms with Crippen LogP contribution in [0.3, 0.4) is 0 Å². The maximum atomic E-state index is 13.4. The van der Waals surface area contributed by atoms with Gasteiger partial charge in [-0.15, -0.1) is 0 Å². The summed E-state index contributed by atoms with van der Waals surface area (Å²) < 4.78 is 26.9.